The van der Waals surface area contributed by atoms with E-state index in [1.54, 1.807) is 0 Å². The molecule has 30 heavy (non-hydrogen) atoms. The average molecular weight is 434 g/mol. The molecule has 0 spiro atoms. The Morgan fingerprint density at radius 2 is 1.47 bits per heavy atom. The minimum absolute atomic E-state index is 0.0417. The van der Waals surface area contributed by atoms with E-state index in [2.05, 4.69) is 10.6 Å². The average Bonchev–Trinajstić information content (AvgIpc) is 2.69. The summed E-state index contributed by atoms with van der Waals surface area (Å²) in [6, 6.07) is 7.25. The summed E-state index contributed by atoms with van der Waals surface area (Å²) in [5, 5.41) is 15.2. The normalized spacial score (nSPS) is 17.8. The van der Waals surface area contributed by atoms with Crippen molar-refractivity contribution in [3.63, 3.8) is 0 Å². The molecule has 1 amide bonds. The lowest BCUT2D eigenvalue weighted by molar-refractivity contribution is -0.112. The zero-order valence-corrected chi connectivity index (χ0v) is 18.1. The molecule has 0 radical (unpaired) electrons. The molecule has 8 heteroatoms. The third-order valence-electron chi connectivity index (χ3n) is 5.34. The molecule has 1 aliphatic rings. The Kier molecular flexibility index (Phi) is 9.84. The molecule has 0 saturated heterocycles. The maximum Gasteiger partial charge on any atom is 0.294 e. The summed E-state index contributed by atoms with van der Waals surface area (Å²) in [4.78, 5) is 12.1. The van der Waals surface area contributed by atoms with Gasteiger partial charge in [-0.2, -0.15) is 13.7 Å². The first-order chi connectivity index (χ1) is 14.4. The van der Waals surface area contributed by atoms with E-state index in [1.165, 1.54) is 75.4 Å². The van der Waals surface area contributed by atoms with Crippen LogP contribution in [0, 0.1) is 11.3 Å². The van der Waals surface area contributed by atoms with Gasteiger partial charge in [-0.3, -0.25) is 9.35 Å². The van der Waals surface area contributed by atoms with Gasteiger partial charge in [-0.15, -0.1) is 0 Å². The van der Waals surface area contributed by atoms with Gasteiger partial charge in [0.05, 0.1) is 4.90 Å². The Labute approximate surface area is 179 Å². The van der Waals surface area contributed by atoms with Crippen LogP contribution in [0.1, 0.15) is 70.6 Å². The number of nitrogens with zero attached hydrogens (tertiary/aromatic N) is 1. The number of hydrogen-bond acceptors (Lipinski definition) is 5. The van der Waals surface area contributed by atoms with Crippen LogP contribution in [0.15, 0.2) is 40.9 Å². The molecule has 0 heterocycles. The number of nitriles is 1. The van der Waals surface area contributed by atoms with Crippen molar-refractivity contribution in [1.82, 2.24) is 5.32 Å². The van der Waals surface area contributed by atoms with Crippen molar-refractivity contribution in [2.45, 2.75) is 81.6 Å². The Morgan fingerprint density at radius 1 is 0.967 bits per heavy atom. The van der Waals surface area contributed by atoms with Crippen molar-refractivity contribution >= 4 is 21.7 Å². The monoisotopic (exact) mass is 433 g/mol. The van der Waals surface area contributed by atoms with Crippen molar-refractivity contribution in [3.05, 3.63) is 36.0 Å². The van der Waals surface area contributed by atoms with Crippen molar-refractivity contribution in [3.8, 4) is 6.07 Å². The van der Waals surface area contributed by atoms with Crippen molar-refractivity contribution in [2.24, 2.45) is 0 Å². The van der Waals surface area contributed by atoms with Crippen LogP contribution in [0.5, 0.6) is 0 Å². The second-order valence-corrected chi connectivity index (χ2v) is 9.17. The van der Waals surface area contributed by atoms with Crippen molar-refractivity contribution < 1.29 is 17.8 Å². The molecule has 0 aromatic heterocycles. The van der Waals surface area contributed by atoms with Crippen LogP contribution in [-0.2, 0) is 14.9 Å². The molecule has 0 unspecified atom stereocenters. The minimum atomic E-state index is -4.29. The van der Waals surface area contributed by atoms with Gasteiger partial charge in [-0.05, 0) is 37.1 Å². The largest absolute Gasteiger partial charge is 0.387 e. The molecule has 1 saturated carbocycles. The molecule has 1 aliphatic carbocycles. The van der Waals surface area contributed by atoms with Gasteiger partial charge in [0.1, 0.15) is 11.6 Å². The maximum absolute atomic E-state index is 12.4. The standard InChI is InChI=1S/C22H31N3O4S/c23-16-18(22(26)25-20-12-14-21(15-13-20)30(27,28)29)17-24-19-10-8-6-4-2-1-3-5-7-9-11-19/h12-15,17,19,24H,1-11H2,(H,25,26)(H,27,28,29)/b18-17-. The molecule has 164 valence electrons. The first-order valence-electron chi connectivity index (χ1n) is 10.7. The minimum Gasteiger partial charge on any atom is -0.387 e. The summed E-state index contributed by atoms with van der Waals surface area (Å²) in [6.45, 7) is 0. The van der Waals surface area contributed by atoms with Gasteiger partial charge in [0.25, 0.3) is 16.0 Å². The first-order valence-corrected chi connectivity index (χ1v) is 12.1. The second kappa shape index (κ2) is 12.4. The number of hydrogen-bond donors (Lipinski definition) is 3. The van der Waals surface area contributed by atoms with E-state index >= 15 is 0 Å². The molecule has 7 nitrogen and oxygen atoms in total. The Balaban J connectivity index is 1.95. The fourth-order valence-corrected chi connectivity index (χ4v) is 4.07. The quantitative estimate of drug-likeness (QED) is 0.356. The molecular formula is C22H31N3O4S. The Bertz CT molecular complexity index is 845. The number of nitrogens with one attached hydrogen (secondary N) is 2. The highest BCUT2D eigenvalue weighted by Crippen LogP contribution is 2.18. The number of rotatable bonds is 5. The highest BCUT2D eigenvalue weighted by molar-refractivity contribution is 7.85. The first kappa shape index (κ1) is 23.9. The van der Waals surface area contributed by atoms with Gasteiger partial charge < -0.3 is 10.6 Å². The second-order valence-electron chi connectivity index (χ2n) is 7.75. The summed E-state index contributed by atoms with van der Waals surface area (Å²) >= 11 is 0. The number of anilines is 1. The molecule has 1 aromatic carbocycles. The molecule has 0 bridgehead atoms. The molecule has 1 aromatic rings. The van der Waals surface area contributed by atoms with E-state index in [9.17, 15) is 18.5 Å². The highest BCUT2D eigenvalue weighted by Gasteiger charge is 2.13. The van der Waals surface area contributed by atoms with Crippen molar-refractivity contribution in [1.29, 1.82) is 5.26 Å². The van der Waals surface area contributed by atoms with E-state index in [0.29, 0.717) is 5.69 Å². The topological polar surface area (TPSA) is 119 Å². The third-order valence-corrected chi connectivity index (χ3v) is 6.21. The summed E-state index contributed by atoms with van der Waals surface area (Å²) in [6.07, 6.45) is 14.7. The van der Waals surface area contributed by atoms with E-state index in [1.807, 2.05) is 6.07 Å². The van der Waals surface area contributed by atoms with Crippen LogP contribution in [0.2, 0.25) is 0 Å². The van der Waals surface area contributed by atoms with E-state index in [4.69, 9.17) is 4.55 Å². The van der Waals surface area contributed by atoms with Crippen LogP contribution >= 0.6 is 0 Å². The van der Waals surface area contributed by atoms with Gasteiger partial charge >= 0.3 is 0 Å². The van der Waals surface area contributed by atoms with E-state index < -0.39 is 16.0 Å². The SMILES string of the molecule is N#C/C(=C/NC1CCCCCCCCCCC1)C(=O)Nc1ccc(S(=O)(=O)O)cc1. The van der Waals surface area contributed by atoms with E-state index in [-0.39, 0.29) is 16.5 Å². The zero-order valence-electron chi connectivity index (χ0n) is 17.3. The molecule has 0 aliphatic heterocycles. The van der Waals surface area contributed by atoms with Gasteiger partial charge in [0, 0.05) is 17.9 Å². The van der Waals surface area contributed by atoms with E-state index in [0.717, 1.165) is 25.7 Å². The Morgan fingerprint density at radius 3 is 1.93 bits per heavy atom. The number of carbonyl (C=O) groups excluding carboxylic acids is 1. The lowest BCUT2D eigenvalue weighted by atomic mass is 9.98. The molecule has 3 N–H and O–H groups in total. The molecule has 2 rings (SSSR count). The van der Waals surface area contributed by atoms with Gasteiger partial charge in [-0.25, -0.2) is 0 Å². The van der Waals surface area contributed by atoms with Crippen LogP contribution < -0.4 is 10.6 Å². The van der Waals surface area contributed by atoms with Crippen LogP contribution in [0.25, 0.3) is 0 Å². The molecule has 0 atom stereocenters. The predicted octanol–water partition coefficient (Wildman–Crippen LogP) is 4.54. The fourth-order valence-electron chi connectivity index (χ4n) is 3.59. The summed E-state index contributed by atoms with van der Waals surface area (Å²) in [5.41, 5.74) is 0.291. The van der Waals surface area contributed by atoms with Crippen LogP contribution in [0.4, 0.5) is 5.69 Å². The third kappa shape index (κ3) is 8.56. The van der Waals surface area contributed by atoms with Gasteiger partial charge in [0.15, 0.2) is 0 Å². The Hall–Kier alpha value is -2.37. The zero-order chi connectivity index (χ0) is 21.8. The van der Waals surface area contributed by atoms with Gasteiger partial charge in [-0.1, -0.05) is 57.8 Å². The number of carbonyl (C=O) groups is 1. The smallest absolute Gasteiger partial charge is 0.294 e. The lowest BCUT2D eigenvalue weighted by Crippen LogP contribution is -2.26. The molecule has 1 fully saturated rings. The number of benzene rings is 1. The maximum atomic E-state index is 12.4. The summed E-state index contributed by atoms with van der Waals surface area (Å²) in [7, 11) is -4.29. The summed E-state index contributed by atoms with van der Waals surface area (Å²) in [5.74, 6) is -0.572. The lowest BCUT2D eigenvalue weighted by Gasteiger charge is -2.18. The molecular weight excluding hydrogens is 402 g/mol. The highest BCUT2D eigenvalue weighted by atomic mass is 32.2. The van der Waals surface area contributed by atoms with Crippen LogP contribution in [-0.4, -0.2) is 24.9 Å². The number of amides is 1. The summed E-state index contributed by atoms with van der Waals surface area (Å²) < 4.78 is 31.2. The fraction of sp³-hybridized carbons (Fsp3) is 0.545. The van der Waals surface area contributed by atoms with Crippen LogP contribution in [0.3, 0.4) is 0 Å². The van der Waals surface area contributed by atoms with Crippen molar-refractivity contribution in [2.75, 3.05) is 5.32 Å². The van der Waals surface area contributed by atoms with Gasteiger partial charge in [0.2, 0.25) is 0 Å². The predicted molar refractivity (Wildman–Crippen MR) is 116 cm³/mol.